The number of aliphatic carboxylic acids is 2. The quantitative estimate of drug-likeness (QED) is 0.367. The minimum Gasteiger partial charge on any atom is -0.481 e. The summed E-state index contributed by atoms with van der Waals surface area (Å²) >= 11 is 0. The number of unbranched alkanes of at least 4 members (excludes halogenated alkanes) is 1. The molecule has 0 rings (SSSR count). The van der Waals surface area contributed by atoms with Gasteiger partial charge in [0, 0.05) is 6.92 Å². The zero-order valence-corrected chi connectivity index (χ0v) is 13.1. The molecule has 0 aliphatic heterocycles. The minimum atomic E-state index is -2.13. The first-order chi connectivity index (χ1) is 10.6. The van der Waals surface area contributed by atoms with Crippen LogP contribution in [0.15, 0.2) is 0 Å². The maximum absolute atomic E-state index is 10.9. The molecule has 10 heteroatoms. The Balaban J connectivity index is 0. The fourth-order valence-electron chi connectivity index (χ4n) is 0.753. The number of carbonyl (C=O) groups is 5. The first-order valence-corrected chi connectivity index (χ1v) is 6.62. The van der Waals surface area contributed by atoms with E-state index >= 15 is 0 Å². The summed E-state index contributed by atoms with van der Waals surface area (Å²) in [4.78, 5) is 52.9. The number of ether oxygens (including phenoxy) is 3. The zero-order valence-electron chi connectivity index (χ0n) is 13.1. The SMILES string of the molecule is CC(=O)OC(OC(=O)CC(=O)O)OC(=O)CC(=O)O.CCCC. The maximum Gasteiger partial charge on any atom is 0.412 e. The standard InChI is InChI=1S/C9H10O10.C4H10/c1-4(10)17-9(18-7(15)2-5(11)12)19-8(16)3-6(13)14;1-3-4-2/h9H,2-3H2,1H3,(H,11,12)(H,13,14);3-4H2,1-2H3. The summed E-state index contributed by atoms with van der Waals surface area (Å²) in [5.41, 5.74) is 0. The largest absolute Gasteiger partial charge is 0.481 e. The molecule has 2 N–H and O–H groups in total. The second-order valence-electron chi connectivity index (χ2n) is 4.02. The Hall–Kier alpha value is -2.65. The summed E-state index contributed by atoms with van der Waals surface area (Å²) in [6, 6.07) is 0. The van der Waals surface area contributed by atoms with Crippen molar-refractivity contribution in [2.75, 3.05) is 0 Å². The normalized spacial score (nSPS) is 9.22. The van der Waals surface area contributed by atoms with Gasteiger partial charge in [-0.15, -0.1) is 0 Å². The number of hydrogen-bond donors (Lipinski definition) is 2. The van der Waals surface area contributed by atoms with E-state index in [9.17, 15) is 24.0 Å². The van der Waals surface area contributed by atoms with Gasteiger partial charge >= 0.3 is 36.3 Å². The van der Waals surface area contributed by atoms with E-state index in [0.29, 0.717) is 0 Å². The van der Waals surface area contributed by atoms with Gasteiger partial charge in [0.25, 0.3) is 0 Å². The van der Waals surface area contributed by atoms with Gasteiger partial charge < -0.3 is 24.4 Å². The van der Waals surface area contributed by atoms with Crippen LogP contribution < -0.4 is 0 Å². The van der Waals surface area contributed by atoms with E-state index in [2.05, 4.69) is 28.1 Å². The lowest BCUT2D eigenvalue weighted by molar-refractivity contribution is -0.256. The Labute approximate surface area is 132 Å². The molecule has 0 bridgehead atoms. The van der Waals surface area contributed by atoms with Crippen LogP contribution in [0.25, 0.3) is 0 Å². The molecule has 0 saturated heterocycles. The average molecular weight is 336 g/mol. The lowest BCUT2D eigenvalue weighted by atomic mass is 10.4. The molecule has 0 aliphatic rings. The zero-order chi connectivity index (χ0) is 18.4. The molecular weight excluding hydrogens is 316 g/mol. The monoisotopic (exact) mass is 336 g/mol. The Morgan fingerprint density at radius 1 is 0.783 bits per heavy atom. The third-order valence-corrected chi connectivity index (χ3v) is 1.81. The van der Waals surface area contributed by atoms with E-state index in [-0.39, 0.29) is 0 Å². The highest BCUT2D eigenvalue weighted by molar-refractivity contribution is 5.91. The fourth-order valence-corrected chi connectivity index (χ4v) is 0.753. The highest BCUT2D eigenvalue weighted by Gasteiger charge is 2.24. The molecule has 0 atom stereocenters. The van der Waals surface area contributed by atoms with Crippen LogP contribution in [0.4, 0.5) is 0 Å². The summed E-state index contributed by atoms with van der Waals surface area (Å²) < 4.78 is 12.7. The van der Waals surface area contributed by atoms with E-state index in [1.54, 1.807) is 0 Å². The molecule has 10 nitrogen and oxygen atoms in total. The summed E-state index contributed by atoms with van der Waals surface area (Å²) in [5, 5.41) is 16.6. The molecule has 0 spiro atoms. The summed E-state index contributed by atoms with van der Waals surface area (Å²) in [6.45, 7) is 3.14. The summed E-state index contributed by atoms with van der Waals surface area (Å²) in [7, 11) is 0. The minimum absolute atomic E-state index is 0.906. The highest BCUT2D eigenvalue weighted by Crippen LogP contribution is 2.03. The Bertz CT molecular complexity index is 396. The topological polar surface area (TPSA) is 154 Å². The lowest BCUT2D eigenvalue weighted by Gasteiger charge is -2.16. The molecule has 0 saturated carbocycles. The van der Waals surface area contributed by atoms with Crippen molar-refractivity contribution < 1.29 is 48.4 Å². The molecule has 0 fully saturated rings. The fraction of sp³-hybridized carbons (Fsp3) is 0.615. The molecule has 0 amide bonds. The molecule has 132 valence electrons. The lowest BCUT2D eigenvalue weighted by Crippen LogP contribution is -2.30. The number of carbonyl (C=O) groups excluding carboxylic acids is 3. The van der Waals surface area contributed by atoms with Gasteiger partial charge in [0.05, 0.1) is 0 Å². The molecule has 0 unspecified atom stereocenters. The van der Waals surface area contributed by atoms with Crippen molar-refractivity contribution in [1.82, 2.24) is 0 Å². The molecule has 0 aliphatic carbocycles. The molecule has 0 aromatic heterocycles. The molecule has 0 radical (unpaired) electrons. The average Bonchev–Trinajstić information content (AvgIpc) is 2.35. The van der Waals surface area contributed by atoms with Crippen molar-refractivity contribution in [2.45, 2.75) is 52.9 Å². The smallest absolute Gasteiger partial charge is 0.412 e. The molecular formula is C13H20O10. The van der Waals surface area contributed by atoms with Crippen LogP contribution in [0, 0.1) is 0 Å². The van der Waals surface area contributed by atoms with Crippen molar-refractivity contribution in [3.8, 4) is 0 Å². The van der Waals surface area contributed by atoms with Crippen LogP contribution in [0.1, 0.15) is 46.5 Å². The van der Waals surface area contributed by atoms with Gasteiger partial charge in [0.15, 0.2) is 0 Å². The van der Waals surface area contributed by atoms with Crippen LogP contribution in [0.3, 0.4) is 0 Å². The molecule has 0 heterocycles. The van der Waals surface area contributed by atoms with E-state index in [1.807, 2.05) is 0 Å². The third kappa shape index (κ3) is 17.3. The van der Waals surface area contributed by atoms with Gasteiger partial charge in [0.1, 0.15) is 12.8 Å². The van der Waals surface area contributed by atoms with Gasteiger partial charge in [-0.05, 0) is 0 Å². The van der Waals surface area contributed by atoms with E-state index in [0.717, 1.165) is 6.92 Å². The predicted molar refractivity (Wildman–Crippen MR) is 72.8 cm³/mol. The number of carboxylic acids is 2. The van der Waals surface area contributed by atoms with Crippen LogP contribution in [0.5, 0.6) is 0 Å². The Kier molecular flexibility index (Phi) is 12.8. The highest BCUT2D eigenvalue weighted by atomic mass is 16.9. The summed E-state index contributed by atoms with van der Waals surface area (Å²) in [5.74, 6) is -6.67. The van der Waals surface area contributed by atoms with Crippen molar-refractivity contribution >= 4 is 29.8 Å². The van der Waals surface area contributed by atoms with Gasteiger partial charge in [-0.3, -0.25) is 24.0 Å². The van der Waals surface area contributed by atoms with Crippen LogP contribution >= 0.6 is 0 Å². The van der Waals surface area contributed by atoms with Crippen molar-refractivity contribution in [3.63, 3.8) is 0 Å². The Morgan fingerprint density at radius 2 is 1.13 bits per heavy atom. The van der Waals surface area contributed by atoms with E-state index in [1.165, 1.54) is 12.8 Å². The number of hydrogen-bond acceptors (Lipinski definition) is 8. The van der Waals surface area contributed by atoms with Crippen molar-refractivity contribution in [2.24, 2.45) is 0 Å². The van der Waals surface area contributed by atoms with Crippen LogP contribution in [-0.2, 0) is 38.2 Å². The van der Waals surface area contributed by atoms with Crippen molar-refractivity contribution in [1.29, 1.82) is 0 Å². The van der Waals surface area contributed by atoms with Crippen LogP contribution in [0.2, 0.25) is 0 Å². The number of rotatable bonds is 8. The van der Waals surface area contributed by atoms with Gasteiger partial charge in [-0.25, -0.2) is 0 Å². The second-order valence-corrected chi connectivity index (χ2v) is 4.02. The molecule has 0 aromatic rings. The number of esters is 3. The van der Waals surface area contributed by atoms with Gasteiger partial charge in [0.2, 0.25) is 0 Å². The third-order valence-electron chi connectivity index (χ3n) is 1.81. The first-order valence-electron chi connectivity index (χ1n) is 6.62. The number of carboxylic acid groups (broad SMARTS) is 2. The maximum atomic E-state index is 10.9. The van der Waals surface area contributed by atoms with E-state index < -0.39 is 49.2 Å². The Morgan fingerprint density at radius 3 is 1.35 bits per heavy atom. The summed E-state index contributed by atoms with van der Waals surface area (Å²) in [6.07, 6.45) is 0.544. The molecule has 23 heavy (non-hydrogen) atoms. The first kappa shape index (κ1) is 22.6. The van der Waals surface area contributed by atoms with Gasteiger partial charge in [-0.1, -0.05) is 26.7 Å². The van der Waals surface area contributed by atoms with E-state index in [4.69, 9.17) is 10.2 Å². The molecule has 0 aromatic carbocycles. The second kappa shape index (κ2) is 13.0. The predicted octanol–water partition coefficient (Wildman–Crippen LogP) is 0.675. The van der Waals surface area contributed by atoms with Gasteiger partial charge in [-0.2, -0.15) is 0 Å². The van der Waals surface area contributed by atoms with Crippen LogP contribution in [-0.4, -0.2) is 46.5 Å². The van der Waals surface area contributed by atoms with Crippen molar-refractivity contribution in [3.05, 3.63) is 0 Å².